The zero-order chi connectivity index (χ0) is 15.6. The van der Waals surface area contributed by atoms with E-state index < -0.39 is 17.4 Å². The van der Waals surface area contributed by atoms with E-state index in [9.17, 15) is 14.3 Å². The highest BCUT2D eigenvalue weighted by atomic mass is 19.1. The number of methoxy groups -OCH3 is 1. The highest BCUT2D eigenvalue weighted by molar-refractivity contribution is 5.90. The predicted octanol–water partition coefficient (Wildman–Crippen LogP) is 2.60. The molecule has 1 aliphatic rings. The van der Waals surface area contributed by atoms with Crippen LogP contribution in [0.5, 0.6) is 5.75 Å². The topological polar surface area (TPSA) is 61.8 Å². The molecule has 1 aliphatic heterocycles. The van der Waals surface area contributed by atoms with Crippen molar-refractivity contribution in [2.45, 2.75) is 38.3 Å². The van der Waals surface area contributed by atoms with Gasteiger partial charge in [-0.25, -0.2) is 9.18 Å². The summed E-state index contributed by atoms with van der Waals surface area (Å²) in [5, 5.41) is 12.7. The number of rotatable bonds is 3. The fourth-order valence-electron chi connectivity index (χ4n) is 2.66. The first kappa shape index (κ1) is 15.6. The molecule has 6 heteroatoms. The average molecular weight is 296 g/mol. The maximum absolute atomic E-state index is 13.7. The molecule has 2 N–H and O–H groups in total. The number of nitrogens with one attached hydrogen (secondary N) is 1. The Bertz CT molecular complexity index is 528. The van der Waals surface area contributed by atoms with Crippen molar-refractivity contribution < 1.29 is 19.0 Å². The average Bonchev–Trinajstić information content (AvgIpc) is 2.90. The molecule has 0 aliphatic carbocycles. The molecule has 1 saturated heterocycles. The molecule has 21 heavy (non-hydrogen) atoms. The van der Waals surface area contributed by atoms with Crippen LogP contribution in [0.25, 0.3) is 0 Å². The highest BCUT2D eigenvalue weighted by Gasteiger charge is 2.38. The van der Waals surface area contributed by atoms with Crippen molar-refractivity contribution in [3.8, 4) is 5.75 Å². The van der Waals surface area contributed by atoms with Gasteiger partial charge in [-0.2, -0.15) is 0 Å². The molecule has 1 aromatic carbocycles. The summed E-state index contributed by atoms with van der Waals surface area (Å²) in [6.45, 7) is 3.90. The minimum absolute atomic E-state index is 0.0701. The van der Waals surface area contributed by atoms with E-state index in [1.165, 1.54) is 25.3 Å². The molecule has 1 aromatic rings. The molecule has 2 amide bonds. The van der Waals surface area contributed by atoms with Crippen molar-refractivity contribution in [3.63, 3.8) is 0 Å². The van der Waals surface area contributed by atoms with Crippen LogP contribution in [0, 0.1) is 5.82 Å². The Balaban J connectivity index is 2.14. The number of anilines is 1. The van der Waals surface area contributed by atoms with E-state index in [1.807, 2.05) is 0 Å². The fraction of sp³-hybridized carbons (Fsp3) is 0.533. The standard InChI is InChI=1S/C15H21FN2O3/c1-15(2,20)13-5-4-8-18(13)14(19)17-12-9-10(21-3)6-7-11(12)16/h6-7,9,13,20H,4-5,8H2,1-3H3,(H,17,19). The second-order valence-electron chi connectivity index (χ2n) is 5.78. The van der Waals surface area contributed by atoms with Crippen LogP contribution >= 0.6 is 0 Å². The van der Waals surface area contributed by atoms with Crippen LogP contribution in [0.4, 0.5) is 14.9 Å². The molecule has 0 saturated carbocycles. The molecule has 1 fully saturated rings. The number of hydrogen-bond acceptors (Lipinski definition) is 3. The third-order valence-electron chi connectivity index (χ3n) is 3.74. The Labute approximate surface area is 123 Å². The fourth-order valence-corrected chi connectivity index (χ4v) is 2.66. The molecule has 0 radical (unpaired) electrons. The van der Waals surface area contributed by atoms with Crippen molar-refractivity contribution in [2.24, 2.45) is 0 Å². The summed E-state index contributed by atoms with van der Waals surface area (Å²) in [5.41, 5.74) is -0.915. The number of ether oxygens (including phenoxy) is 1. The van der Waals surface area contributed by atoms with Crippen molar-refractivity contribution in [1.29, 1.82) is 0 Å². The number of carbonyl (C=O) groups is 1. The van der Waals surface area contributed by atoms with Crippen LogP contribution in [0.1, 0.15) is 26.7 Å². The quantitative estimate of drug-likeness (QED) is 0.901. The van der Waals surface area contributed by atoms with Gasteiger partial charge in [-0.1, -0.05) is 0 Å². The van der Waals surface area contributed by atoms with Crippen molar-refractivity contribution in [3.05, 3.63) is 24.0 Å². The van der Waals surface area contributed by atoms with Crippen molar-refractivity contribution in [1.82, 2.24) is 4.90 Å². The molecular weight excluding hydrogens is 275 g/mol. The number of likely N-dealkylation sites (tertiary alicyclic amines) is 1. The van der Waals surface area contributed by atoms with Crippen LogP contribution in [-0.4, -0.2) is 41.3 Å². The molecule has 5 nitrogen and oxygen atoms in total. The van der Waals surface area contributed by atoms with E-state index in [-0.39, 0.29) is 11.7 Å². The first-order valence-electron chi connectivity index (χ1n) is 6.96. The monoisotopic (exact) mass is 296 g/mol. The maximum Gasteiger partial charge on any atom is 0.322 e. The summed E-state index contributed by atoms with van der Waals surface area (Å²) in [4.78, 5) is 13.9. The summed E-state index contributed by atoms with van der Waals surface area (Å²) >= 11 is 0. The van der Waals surface area contributed by atoms with E-state index >= 15 is 0 Å². The first-order valence-corrected chi connectivity index (χ1v) is 6.96. The van der Waals surface area contributed by atoms with Gasteiger partial charge < -0.3 is 20.1 Å². The van der Waals surface area contributed by atoms with E-state index in [1.54, 1.807) is 18.7 Å². The van der Waals surface area contributed by atoms with E-state index in [2.05, 4.69) is 5.32 Å². The van der Waals surface area contributed by atoms with Gasteiger partial charge in [0.2, 0.25) is 0 Å². The van der Waals surface area contributed by atoms with Crippen LogP contribution in [0.2, 0.25) is 0 Å². The summed E-state index contributed by atoms with van der Waals surface area (Å²) in [6, 6.07) is 3.48. The number of nitrogens with zero attached hydrogens (tertiary/aromatic N) is 1. The predicted molar refractivity (Wildman–Crippen MR) is 78.0 cm³/mol. The van der Waals surface area contributed by atoms with E-state index in [4.69, 9.17) is 4.74 Å². The van der Waals surface area contributed by atoms with Crippen LogP contribution in [-0.2, 0) is 0 Å². The summed E-state index contributed by atoms with van der Waals surface area (Å²) in [6.07, 6.45) is 1.56. The lowest BCUT2D eigenvalue weighted by Gasteiger charge is -2.33. The number of urea groups is 1. The summed E-state index contributed by atoms with van der Waals surface area (Å²) in [7, 11) is 1.48. The molecule has 1 atom stereocenters. The Kier molecular flexibility index (Phi) is 4.37. The van der Waals surface area contributed by atoms with Crippen molar-refractivity contribution in [2.75, 3.05) is 19.0 Å². The SMILES string of the molecule is COc1ccc(F)c(NC(=O)N2CCCC2C(C)(C)O)c1. The Morgan fingerprint density at radius 3 is 2.86 bits per heavy atom. The van der Waals surface area contributed by atoms with Crippen molar-refractivity contribution >= 4 is 11.7 Å². The Morgan fingerprint density at radius 1 is 1.52 bits per heavy atom. The third-order valence-corrected chi connectivity index (χ3v) is 3.74. The first-order chi connectivity index (χ1) is 9.82. The third kappa shape index (κ3) is 3.44. The second kappa shape index (κ2) is 5.89. The molecular formula is C15H21FN2O3. The number of halogens is 1. The lowest BCUT2D eigenvalue weighted by atomic mass is 9.97. The zero-order valence-corrected chi connectivity index (χ0v) is 12.5. The van der Waals surface area contributed by atoms with E-state index in [0.717, 1.165) is 12.8 Å². The number of amides is 2. The van der Waals surface area contributed by atoms with Gasteiger partial charge in [-0.15, -0.1) is 0 Å². The smallest absolute Gasteiger partial charge is 0.322 e. The molecule has 0 bridgehead atoms. The minimum atomic E-state index is -0.985. The lowest BCUT2D eigenvalue weighted by Crippen LogP contribution is -2.49. The van der Waals surface area contributed by atoms with Gasteiger partial charge in [0.1, 0.15) is 11.6 Å². The van der Waals surface area contributed by atoms with Gasteiger partial charge in [-0.05, 0) is 38.8 Å². The van der Waals surface area contributed by atoms with E-state index in [0.29, 0.717) is 12.3 Å². The number of hydrogen-bond donors (Lipinski definition) is 2. The molecule has 0 aromatic heterocycles. The van der Waals surface area contributed by atoms with Gasteiger partial charge in [0.15, 0.2) is 0 Å². The minimum Gasteiger partial charge on any atom is -0.497 e. The Hall–Kier alpha value is -1.82. The summed E-state index contributed by atoms with van der Waals surface area (Å²) < 4.78 is 18.8. The number of benzene rings is 1. The van der Waals surface area contributed by atoms with Crippen LogP contribution in [0.3, 0.4) is 0 Å². The van der Waals surface area contributed by atoms with Gasteiger partial charge in [0.05, 0.1) is 24.4 Å². The Morgan fingerprint density at radius 2 is 2.24 bits per heavy atom. The second-order valence-corrected chi connectivity index (χ2v) is 5.78. The normalized spacial score (nSPS) is 18.7. The van der Waals surface area contributed by atoms with Gasteiger partial charge in [0.25, 0.3) is 0 Å². The number of carbonyl (C=O) groups excluding carboxylic acids is 1. The van der Waals surface area contributed by atoms with Gasteiger partial charge in [-0.3, -0.25) is 0 Å². The highest BCUT2D eigenvalue weighted by Crippen LogP contribution is 2.28. The number of aliphatic hydroxyl groups is 1. The molecule has 1 heterocycles. The molecule has 116 valence electrons. The lowest BCUT2D eigenvalue weighted by molar-refractivity contribution is 0.0117. The molecule has 2 rings (SSSR count). The molecule has 1 unspecified atom stereocenters. The van der Waals surface area contributed by atoms with Gasteiger partial charge >= 0.3 is 6.03 Å². The maximum atomic E-state index is 13.7. The largest absolute Gasteiger partial charge is 0.497 e. The van der Waals surface area contributed by atoms with Crippen LogP contribution < -0.4 is 10.1 Å². The zero-order valence-electron chi connectivity index (χ0n) is 12.5. The summed E-state index contributed by atoms with van der Waals surface area (Å²) in [5.74, 6) is -0.0599. The van der Waals surface area contributed by atoms with Crippen LogP contribution in [0.15, 0.2) is 18.2 Å². The molecule has 0 spiro atoms. The van der Waals surface area contributed by atoms with Gasteiger partial charge in [0, 0.05) is 12.6 Å².